The van der Waals surface area contributed by atoms with Gasteiger partial charge in [-0.2, -0.15) is 4.98 Å². The summed E-state index contributed by atoms with van der Waals surface area (Å²) < 4.78 is 5.53. The molecule has 29 heavy (non-hydrogen) atoms. The van der Waals surface area contributed by atoms with Crippen LogP contribution in [0.4, 0.5) is 11.5 Å². The minimum Gasteiger partial charge on any atom is -0.434 e. The number of nitro groups is 1. The van der Waals surface area contributed by atoms with Crippen molar-refractivity contribution in [3.05, 3.63) is 80.1 Å². The number of nitrogens with zero attached hydrogens (tertiary/aromatic N) is 3. The van der Waals surface area contributed by atoms with E-state index in [4.69, 9.17) is 27.9 Å². The standard InChI is InChI=1S/C18H13Cl2N5O4/c1-10-8-11(6-7-13(10)19)29-18-15(25(27)28)16(21-9-22-18)23-24-17(26)12-4-2-3-5-14(12)20/h2-9H,1H3,(H,24,26)(H,21,22,23). The maximum absolute atomic E-state index is 12.3. The Balaban J connectivity index is 1.85. The zero-order valence-corrected chi connectivity index (χ0v) is 16.4. The SMILES string of the molecule is Cc1cc(Oc2ncnc(NNC(=O)c3ccccc3Cl)c2[N+](=O)[O-])ccc1Cl. The summed E-state index contributed by atoms with van der Waals surface area (Å²) in [6.07, 6.45) is 1.06. The molecule has 0 aliphatic heterocycles. The van der Waals surface area contributed by atoms with E-state index in [-0.39, 0.29) is 22.3 Å². The number of hydrogen-bond acceptors (Lipinski definition) is 7. The average molecular weight is 434 g/mol. The summed E-state index contributed by atoms with van der Waals surface area (Å²) in [5.74, 6) is -0.855. The van der Waals surface area contributed by atoms with Crippen molar-refractivity contribution in [3.8, 4) is 11.6 Å². The average Bonchev–Trinajstić information content (AvgIpc) is 2.69. The molecule has 1 amide bonds. The lowest BCUT2D eigenvalue weighted by Crippen LogP contribution is -2.30. The highest BCUT2D eigenvalue weighted by Crippen LogP contribution is 2.34. The van der Waals surface area contributed by atoms with Crippen LogP contribution in [-0.2, 0) is 0 Å². The van der Waals surface area contributed by atoms with Gasteiger partial charge in [0.2, 0.25) is 5.82 Å². The van der Waals surface area contributed by atoms with Gasteiger partial charge in [0.25, 0.3) is 5.91 Å². The lowest BCUT2D eigenvalue weighted by atomic mass is 10.2. The predicted octanol–water partition coefficient (Wildman–Crippen LogP) is 4.55. The first kappa shape index (κ1) is 20.3. The number of benzene rings is 2. The third-order valence-corrected chi connectivity index (χ3v) is 4.48. The van der Waals surface area contributed by atoms with E-state index in [1.807, 2.05) is 0 Å². The van der Waals surface area contributed by atoms with Crippen LogP contribution in [0.15, 0.2) is 48.8 Å². The number of nitrogens with one attached hydrogen (secondary N) is 2. The summed E-state index contributed by atoms with van der Waals surface area (Å²) >= 11 is 11.9. The number of halogens is 2. The molecule has 11 heteroatoms. The predicted molar refractivity (Wildman–Crippen MR) is 107 cm³/mol. The second-order valence-corrected chi connectivity index (χ2v) is 6.52. The Labute approximate surface area is 174 Å². The fourth-order valence-electron chi connectivity index (χ4n) is 2.31. The largest absolute Gasteiger partial charge is 0.434 e. The van der Waals surface area contributed by atoms with Crippen LogP contribution in [0.3, 0.4) is 0 Å². The van der Waals surface area contributed by atoms with Crippen LogP contribution in [0.1, 0.15) is 15.9 Å². The Kier molecular flexibility index (Phi) is 6.10. The highest BCUT2D eigenvalue weighted by molar-refractivity contribution is 6.33. The van der Waals surface area contributed by atoms with Crippen molar-refractivity contribution in [1.82, 2.24) is 15.4 Å². The van der Waals surface area contributed by atoms with Gasteiger partial charge in [0, 0.05) is 5.02 Å². The molecule has 1 heterocycles. The van der Waals surface area contributed by atoms with Gasteiger partial charge in [0.15, 0.2) is 0 Å². The quantitative estimate of drug-likeness (QED) is 0.432. The highest BCUT2D eigenvalue weighted by Gasteiger charge is 2.26. The van der Waals surface area contributed by atoms with Crippen molar-refractivity contribution >= 4 is 40.6 Å². The molecule has 3 aromatic rings. The number of aryl methyl sites for hydroxylation is 1. The van der Waals surface area contributed by atoms with Gasteiger partial charge in [-0.05, 0) is 42.8 Å². The normalized spacial score (nSPS) is 10.3. The molecule has 0 radical (unpaired) electrons. The van der Waals surface area contributed by atoms with Crippen LogP contribution in [0, 0.1) is 17.0 Å². The molecule has 1 aromatic heterocycles. The minimum atomic E-state index is -0.720. The topological polar surface area (TPSA) is 119 Å². The van der Waals surface area contributed by atoms with Crippen molar-refractivity contribution in [2.45, 2.75) is 6.92 Å². The third-order valence-electron chi connectivity index (χ3n) is 3.73. The van der Waals surface area contributed by atoms with Gasteiger partial charge in [-0.25, -0.2) is 4.98 Å². The maximum Gasteiger partial charge on any atom is 0.374 e. The van der Waals surface area contributed by atoms with Crippen molar-refractivity contribution in [1.29, 1.82) is 0 Å². The molecular weight excluding hydrogens is 421 g/mol. The summed E-state index contributed by atoms with van der Waals surface area (Å²) in [6, 6.07) is 11.1. The van der Waals surface area contributed by atoms with Gasteiger partial charge in [0.05, 0.1) is 15.5 Å². The molecule has 0 unspecified atom stereocenters. The van der Waals surface area contributed by atoms with Gasteiger partial charge >= 0.3 is 11.6 Å². The van der Waals surface area contributed by atoms with E-state index in [1.165, 1.54) is 6.07 Å². The van der Waals surface area contributed by atoms with Gasteiger partial charge in [0.1, 0.15) is 12.1 Å². The fraction of sp³-hybridized carbons (Fsp3) is 0.0556. The number of hydrogen-bond donors (Lipinski definition) is 2. The molecule has 0 atom stereocenters. The van der Waals surface area contributed by atoms with E-state index in [0.717, 1.165) is 11.9 Å². The molecule has 0 aliphatic rings. The molecule has 0 bridgehead atoms. The Morgan fingerprint density at radius 3 is 2.59 bits per heavy atom. The molecule has 3 rings (SSSR count). The van der Waals surface area contributed by atoms with Crippen molar-refractivity contribution in [2.75, 3.05) is 5.43 Å². The summed E-state index contributed by atoms with van der Waals surface area (Å²) in [5, 5.41) is 12.3. The molecule has 148 valence electrons. The smallest absolute Gasteiger partial charge is 0.374 e. The van der Waals surface area contributed by atoms with E-state index < -0.39 is 16.5 Å². The number of rotatable bonds is 6. The fourth-order valence-corrected chi connectivity index (χ4v) is 2.65. The molecule has 9 nitrogen and oxygen atoms in total. The zero-order valence-electron chi connectivity index (χ0n) is 14.8. The van der Waals surface area contributed by atoms with E-state index in [1.54, 1.807) is 43.3 Å². The molecule has 2 aromatic carbocycles. The van der Waals surface area contributed by atoms with E-state index in [9.17, 15) is 14.9 Å². The Morgan fingerprint density at radius 2 is 1.90 bits per heavy atom. The number of carbonyl (C=O) groups is 1. The summed E-state index contributed by atoms with van der Waals surface area (Å²) in [7, 11) is 0. The number of anilines is 1. The first-order valence-electron chi connectivity index (χ1n) is 8.11. The van der Waals surface area contributed by atoms with E-state index >= 15 is 0 Å². The van der Waals surface area contributed by atoms with Crippen LogP contribution >= 0.6 is 23.2 Å². The first-order valence-corrected chi connectivity index (χ1v) is 8.86. The lowest BCUT2D eigenvalue weighted by Gasteiger charge is -2.11. The number of ether oxygens (including phenoxy) is 1. The van der Waals surface area contributed by atoms with Crippen LogP contribution in [-0.4, -0.2) is 20.8 Å². The van der Waals surface area contributed by atoms with E-state index in [0.29, 0.717) is 10.8 Å². The monoisotopic (exact) mass is 433 g/mol. The maximum atomic E-state index is 12.3. The molecule has 0 spiro atoms. The molecule has 0 saturated carbocycles. The zero-order chi connectivity index (χ0) is 21.0. The molecule has 0 fully saturated rings. The Bertz CT molecular complexity index is 1090. The summed E-state index contributed by atoms with van der Waals surface area (Å²) in [5.41, 5.74) is 5.09. The van der Waals surface area contributed by atoms with Gasteiger partial charge < -0.3 is 4.74 Å². The Hall–Kier alpha value is -3.43. The lowest BCUT2D eigenvalue weighted by molar-refractivity contribution is -0.385. The summed E-state index contributed by atoms with van der Waals surface area (Å²) in [4.78, 5) is 30.7. The molecule has 2 N–H and O–H groups in total. The Morgan fingerprint density at radius 1 is 1.14 bits per heavy atom. The van der Waals surface area contributed by atoms with E-state index in [2.05, 4.69) is 20.8 Å². The third kappa shape index (κ3) is 4.71. The van der Waals surface area contributed by atoms with Crippen LogP contribution < -0.4 is 15.6 Å². The van der Waals surface area contributed by atoms with Gasteiger partial charge in [-0.15, -0.1) is 0 Å². The van der Waals surface area contributed by atoms with Crippen LogP contribution in [0.2, 0.25) is 10.0 Å². The number of hydrazine groups is 1. The number of aromatic nitrogens is 2. The molecule has 0 saturated heterocycles. The molecular formula is C18H13Cl2N5O4. The first-order chi connectivity index (χ1) is 13.9. The highest BCUT2D eigenvalue weighted by atomic mass is 35.5. The second-order valence-electron chi connectivity index (χ2n) is 5.71. The summed E-state index contributed by atoms with van der Waals surface area (Å²) in [6.45, 7) is 1.76. The van der Waals surface area contributed by atoms with Crippen LogP contribution in [0.25, 0.3) is 0 Å². The van der Waals surface area contributed by atoms with Crippen molar-refractivity contribution in [2.24, 2.45) is 0 Å². The number of amides is 1. The number of carbonyl (C=O) groups excluding carboxylic acids is 1. The van der Waals surface area contributed by atoms with Crippen LogP contribution in [0.5, 0.6) is 11.6 Å². The second kappa shape index (κ2) is 8.72. The molecule has 0 aliphatic carbocycles. The van der Waals surface area contributed by atoms with Gasteiger partial charge in [-0.3, -0.25) is 25.8 Å². The van der Waals surface area contributed by atoms with Crippen molar-refractivity contribution in [3.63, 3.8) is 0 Å². The van der Waals surface area contributed by atoms with Gasteiger partial charge in [-0.1, -0.05) is 35.3 Å². The minimum absolute atomic E-state index is 0.187. The van der Waals surface area contributed by atoms with Crippen molar-refractivity contribution < 1.29 is 14.5 Å².